The van der Waals surface area contributed by atoms with Crippen LogP contribution in [0.25, 0.3) is 0 Å². The first kappa shape index (κ1) is 27.8. The fraction of sp³-hybridized carbons (Fsp3) is 0.571. The number of hydrogen-bond acceptors (Lipinski definition) is 7. The number of hydrogen-bond donors (Lipinski definition) is 1. The molecule has 1 spiro atoms. The minimum Gasteiger partial charge on any atom is -0.376 e. The number of benzene rings is 1. The van der Waals surface area contributed by atoms with Gasteiger partial charge < -0.3 is 24.7 Å². The van der Waals surface area contributed by atoms with E-state index in [2.05, 4.69) is 4.98 Å². The lowest BCUT2D eigenvalue weighted by atomic mass is 9.76. The average molecular weight is 577 g/mol. The molecule has 1 N–H and O–H groups in total. The molecule has 1 aliphatic carbocycles. The maximum absolute atomic E-state index is 15.0. The van der Waals surface area contributed by atoms with E-state index in [9.17, 15) is 32.3 Å². The van der Waals surface area contributed by atoms with Gasteiger partial charge in [-0.2, -0.15) is 13.2 Å². The third-order valence-corrected chi connectivity index (χ3v) is 8.77. The Morgan fingerprint density at radius 1 is 1.22 bits per heavy atom. The number of nitrogens with zero attached hydrogens (tertiary/aromatic N) is 6. The van der Waals surface area contributed by atoms with Crippen molar-refractivity contribution in [3.8, 4) is 0 Å². The molecule has 2 aromatic rings. The normalized spacial score (nSPS) is 23.2. The summed E-state index contributed by atoms with van der Waals surface area (Å²) in [6.45, 7) is 2.70. The van der Waals surface area contributed by atoms with Crippen LogP contribution in [-0.2, 0) is 34.3 Å². The Hall–Kier alpha value is -3.32. The molecule has 1 unspecified atom stereocenters. The van der Waals surface area contributed by atoms with E-state index in [4.69, 9.17) is 4.98 Å². The van der Waals surface area contributed by atoms with Crippen LogP contribution in [0.3, 0.4) is 0 Å². The van der Waals surface area contributed by atoms with E-state index in [-0.39, 0.29) is 48.2 Å². The van der Waals surface area contributed by atoms with Crippen LogP contribution < -0.4 is 4.90 Å². The third kappa shape index (κ3) is 4.72. The van der Waals surface area contributed by atoms with Crippen LogP contribution in [0.15, 0.2) is 18.2 Å². The van der Waals surface area contributed by atoms with Gasteiger partial charge in [-0.05, 0) is 45.8 Å². The van der Waals surface area contributed by atoms with Crippen LogP contribution in [0, 0.1) is 18.7 Å². The lowest BCUT2D eigenvalue weighted by Crippen LogP contribution is -2.66. The lowest BCUT2D eigenvalue weighted by molar-refractivity contribution is -0.152. The fourth-order valence-corrected chi connectivity index (χ4v) is 6.40. The van der Waals surface area contributed by atoms with Crippen molar-refractivity contribution in [1.82, 2.24) is 24.7 Å². The van der Waals surface area contributed by atoms with Crippen molar-refractivity contribution >= 4 is 17.6 Å². The Morgan fingerprint density at radius 3 is 2.56 bits per heavy atom. The smallest absolute Gasteiger partial charge is 0.376 e. The predicted molar refractivity (Wildman–Crippen MR) is 139 cm³/mol. The quantitative estimate of drug-likeness (QED) is 0.417. The number of fused-ring (bicyclic) bond motifs is 2. The average Bonchev–Trinajstić information content (AvgIpc) is 3.67. The molecule has 1 atom stereocenters. The van der Waals surface area contributed by atoms with Gasteiger partial charge in [-0.15, -0.1) is 0 Å². The molecule has 4 heterocycles. The second-order valence-electron chi connectivity index (χ2n) is 11.7. The van der Waals surface area contributed by atoms with Gasteiger partial charge in [0.2, 0.25) is 11.8 Å². The number of aliphatic hydroxyl groups is 1. The minimum absolute atomic E-state index is 0.0682. The van der Waals surface area contributed by atoms with Crippen LogP contribution in [-0.4, -0.2) is 87.6 Å². The standard InChI is InChI=1S/C28H32F4N6O3/c1-16-33-23-20(24(34-16)37(15-39)10-18-4-3-5-21(22(18)29)28(30,31)32)13-38(26(41)27(23)8-9-35(2)14-27)19-11-36(12-19)25(40)17-6-7-17/h3-5,17,19,39H,6-15H2,1-2H3. The Morgan fingerprint density at radius 2 is 1.95 bits per heavy atom. The number of anilines is 1. The van der Waals surface area contributed by atoms with E-state index in [0.29, 0.717) is 55.7 Å². The first-order chi connectivity index (χ1) is 19.4. The lowest BCUT2D eigenvalue weighted by Gasteiger charge is -2.50. The summed E-state index contributed by atoms with van der Waals surface area (Å²) in [6, 6.07) is 2.86. The van der Waals surface area contributed by atoms with Crippen molar-refractivity contribution in [3.63, 3.8) is 0 Å². The fourth-order valence-electron chi connectivity index (χ4n) is 6.40. The summed E-state index contributed by atoms with van der Waals surface area (Å²) in [5.41, 5.74) is -1.47. The molecule has 4 aliphatic rings. The Kier molecular flexibility index (Phi) is 6.72. The second-order valence-corrected chi connectivity index (χ2v) is 11.7. The summed E-state index contributed by atoms with van der Waals surface area (Å²) in [5.74, 6) is -0.679. The molecule has 6 rings (SSSR count). The molecular formula is C28H32F4N6O3. The van der Waals surface area contributed by atoms with E-state index in [1.54, 1.807) is 16.7 Å². The summed E-state index contributed by atoms with van der Waals surface area (Å²) in [5, 5.41) is 10.4. The number of carbonyl (C=O) groups excluding carboxylic acids is 2. The van der Waals surface area contributed by atoms with Crippen LogP contribution >= 0.6 is 0 Å². The molecule has 1 aromatic carbocycles. The molecule has 9 nitrogen and oxygen atoms in total. The summed E-state index contributed by atoms with van der Waals surface area (Å²) in [7, 11) is 1.92. The highest BCUT2D eigenvalue weighted by molar-refractivity contribution is 5.92. The Labute approximate surface area is 234 Å². The summed E-state index contributed by atoms with van der Waals surface area (Å²) >= 11 is 0. The van der Waals surface area contributed by atoms with Crippen molar-refractivity contribution in [1.29, 1.82) is 0 Å². The zero-order chi connectivity index (χ0) is 29.3. The molecule has 0 bridgehead atoms. The molecule has 3 aliphatic heterocycles. The first-order valence-electron chi connectivity index (χ1n) is 13.8. The highest BCUT2D eigenvalue weighted by atomic mass is 19.4. The molecule has 1 aromatic heterocycles. The largest absolute Gasteiger partial charge is 0.419 e. The van der Waals surface area contributed by atoms with Crippen molar-refractivity contribution in [2.75, 3.05) is 44.9 Å². The molecule has 2 saturated heterocycles. The third-order valence-electron chi connectivity index (χ3n) is 8.77. The molecule has 2 amide bonds. The first-order valence-corrected chi connectivity index (χ1v) is 13.8. The van der Waals surface area contributed by atoms with E-state index in [0.717, 1.165) is 18.9 Å². The van der Waals surface area contributed by atoms with Crippen molar-refractivity contribution in [2.45, 2.75) is 56.9 Å². The number of rotatable bonds is 6. The molecule has 220 valence electrons. The monoisotopic (exact) mass is 576 g/mol. The van der Waals surface area contributed by atoms with Gasteiger partial charge in [-0.1, -0.05) is 12.1 Å². The number of halogens is 4. The SMILES string of the molecule is Cc1nc(N(CO)Cc2cccc(C(F)(F)F)c2F)c2c(n1)C1(CCN(C)C1)C(=O)N(C1CN(C(=O)C3CC3)C1)C2. The van der Waals surface area contributed by atoms with Crippen LogP contribution in [0.1, 0.15) is 47.5 Å². The van der Waals surface area contributed by atoms with E-state index < -0.39 is 29.7 Å². The van der Waals surface area contributed by atoms with Gasteiger partial charge in [0.25, 0.3) is 0 Å². The van der Waals surface area contributed by atoms with Crippen molar-refractivity contribution < 1.29 is 32.3 Å². The molecular weight excluding hydrogens is 544 g/mol. The number of alkyl halides is 3. The minimum atomic E-state index is -4.87. The van der Waals surface area contributed by atoms with Crippen LogP contribution in [0.5, 0.6) is 0 Å². The predicted octanol–water partition coefficient (Wildman–Crippen LogP) is 2.44. The van der Waals surface area contributed by atoms with Crippen LogP contribution in [0.2, 0.25) is 0 Å². The zero-order valence-corrected chi connectivity index (χ0v) is 22.9. The highest BCUT2D eigenvalue weighted by Crippen LogP contribution is 2.45. The molecule has 0 radical (unpaired) electrons. The molecule has 3 fully saturated rings. The Bertz CT molecular complexity index is 1390. The zero-order valence-electron chi connectivity index (χ0n) is 22.9. The molecule has 13 heteroatoms. The molecule has 41 heavy (non-hydrogen) atoms. The summed E-state index contributed by atoms with van der Waals surface area (Å²) < 4.78 is 55.1. The van der Waals surface area contributed by atoms with Crippen molar-refractivity contribution in [2.24, 2.45) is 5.92 Å². The van der Waals surface area contributed by atoms with Gasteiger partial charge in [-0.25, -0.2) is 14.4 Å². The van der Waals surface area contributed by atoms with E-state index in [1.165, 1.54) is 11.0 Å². The van der Waals surface area contributed by atoms with Gasteiger partial charge in [0.05, 0.1) is 23.8 Å². The Balaban J connectivity index is 1.38. The number of carbonyl (C=O) groups is 2. The van der Waals surface area contributed by atoms with Crippen LogP contribution in [0.4, 0.5) is 23.4 Å². The number of likely N-dealkylation sites (N-methyl/N-ethyl adjacent to an activating group) is 1. The molecule has 1 saturated carbocycles. The number of amides is 2. The number of likely N-dealkylation sites (tertiary alicyclic amines) is 2. The van der Waals surface area contributed by atoms with Crippen molar-refractivity contribution in [3.05, 3.63) is 52.2 Å². The number of aromatic nitrogens is 2. The number of aliphatic hydroxyl groups excluding tert-OH is 1. The number of aryl methyl sites for hydroxylation is 1. The van der Waals surface area contributed by atoms with Gasteiger partial charge in [0.15, 0.2) is 0 Å². The maximum atomic E-state index is 15.0. The highest BCUT2D eigenvalue weighted by Gasteiger charge is 2.56. The van der Waals surface area contributed by atoms with Gasteiger partial charge in [0, 0.05) is 43.2 Å². The topological polar surface area (TPSA) is 93.1 Å². The maximum Gasteiger partial charge on any atom is 0.419 e. The second kappa shape index (κ2) is 9.90. The van der Waals surface area contributed by atoms with E-state index >= 15 is 0 Å². The van der Waals surface area contributed by atoms with Gasteiger partial charge >= 0.3 is 6.18 Å². The summed E-state index contributed by atoms with van der Waals surface area (Å²) in [6.07, 6.45) is -2.56. The van der Waals surface area contributed by atoms with Gasteiger partial charge in [0.1, 0.15) is 29.6 Å². The van der Waals surface area contributed by atoms with Gasteiger partial charge in [-0.3, -0.25) is 9.59 Å². The summed E-state index contributed by atoms with van der Waals surface area (Å²) in [4.78, 5) is 42.9. The van der Waals surface area contributed by atoms with E-state index in [1.807, 2.05) is 11.9 Å².